The summed E-state index contributed by atoms with van der Waals surface area (Å²) >= 11 is 0. The summed E-state index contributed by atoms with van der Waals surface area (Å²) in [7, 11) is 0. The third-order valence-corrected chi connectivity index (χ3v) is 2.73. The fourth-order valence-corrected chi connectivity index (χ4v) is 1.48. The lowest BCUT2D eigenvalue weighted by Crippen LogP contribution is -2.21. The molecule has 0 rings (SSSR count). The van der Waals surface area contributed by atoms with E-state index in [2.05, 4.69) is 44.6 Å². The number of carbonyl (C=O) groups is 4. The summed E-state index contributed by atoms with van der Waals surface area (Å²) in [4.78, 5) is 41.7. The smallest absolute Gasteiger partial charge is 0.302 e. The van der Waals surface area contributed by atoms with Gasteiger partial charge in [0.25, 0.3) is 0 Å². The van der Waals surface area contributed by atoms with Crippen molar-refractivity contribution in [2.75, 3.05) is 46.1 Å². The predicted molar refractivity (Wildman–Crippen MR) is 123 cm³/mol. The van der Waals surface area contributed by atoms with E-state index in [1.165, 1.54) is 47.3 Å². The molecule has 0 fully saturated rings. The predicted octanol–water partition coefficient (Wildman–Crippen LogP) is 3.63. The lowest BCUT2D eigenvalue weighted by molar-refractivity contribution is -0.141. The number of ether oxygens (including phenoxy) is 4. The van der Waals surface area contributed by atoms with Crippen molar-refractivity contribution in [2.24, 2.45) is 0 Å². The molecular weight excluding hydrogens is 406 g/mol. The minimum atomic E-state index is -0.211. The van der Waals surface area contributed by atoms with Gasteiger partial charge >= 0.3 is 23.9 Å². The molecule has 0 heterocycles. The summed E-state index contributed by atoms with van der Waals surface area (Å²) in [5.74, 6) is -0.843. The number of nitrogens with zero attached hydrogens (tertiary/aromatic N) is 1. The third kappa shape index (κ3) is 74.1. The van der Waals surface area contributed by atoms with Crippen LogP contribution in [0, 0.1) is 0 Å². The van der Waals surface area contributed by atoms with Gasteiger partial charge in [-0.15, -0.1) is 0 Å². The van der Waals surface area contributed by atoms with Gasteiger partial charge in [-0.25, -0.2) is 0 Å². The minimum Gasteiger partial charge on any atom is -0.466 e. The lowest BCUT2D eigenvalue weighted by Gasteiger charge is -2.13. The Hall–Kier alpha value is -2.16. The molecule has 9 nitrogen and oxygen atoms in total. The van der Waals surface area contributed by atoms with Crippen LogP contribution in [0.3, 0.4) is 0 Å². The van der Waals surface area contributed by atoms with E-state index < -0.39 is 0 Å². The second kappa shape index (κ2) is 35.3. The quantitative estimate of drug-likeness (QED) is 0.421. The van der Waals surface area contributed by atoms with E-state index in [-0.39, 0.29) is 23.9 Å². The fraction of sp³-hybridized carbons (Fsp3) is 0.818. The largest absolute Gasteiger partial charge is 0.466 e. The van der Waals surface area contributed by atoms with E-state index in [9.17, 15) is 19.2 Å². The van der Waals surface area contributed by atoms with Crippen LogP contribution < -0.4 is 0 Å². The number of hydrogen-bond acceptors (Lipinski definition) is 9. The van der Waals surface area contributed by atoms with E-state index in [0.29, 0.717) is 26.4 Å². The van der Waals surface area contributed by atoms with Gasteiger partial charge in [-0.3, -0.25) is 19.2 Å². The van der Waals surface area contributed by atoms with Gasteiger partial charge in [-0.2, -0.15) is 0 Å². The number of esters is 4. The van der Waals surface area contributed by atoms with Gasteiger partial charge in [0.1, 0.15) is 0 Å². The van der Waals surface area contributed by atoms with Crippen molar-refractivity contribution in [1.29, 1.82) is 0 Å². The molecule has 188 valence electrons. The average molecular weight is 454 g/mol. The fourth-order valence-electron chi connectivity index (χ4n) is 1.48. The first kappa shape index (κ1) is 39.3. The molecule has 0 radical (unpaired) electrons. The first-order chi connectivity index (χ1) is 14.4. The van der Waals surface area contributed by atoms with Crippen LogP contribution in [0.2, 0.25) is 0 Å². The van der Waals surface area contributed by atoms with Gasteiger partial charge in [0.05, 0.1) is 26.4 Å². The maximum Gasteiger partial charge on any atom is 0.302 e. The van der Waals surface area contributed by atoms with Gasteiger partial charge in [0.2, 0.25) is 0 Å². The van der Waals surface area contributed by atoms with E-state index in [4.69, 9.17) is 0 Å². The highest BCUT2D eigenvalue weighted by atomic mass is 16.5. The van der Waals surface area contributed by atoms with Crippen LogP contribution in [-0.4, -0.2) is 74.8 Å². The molecule has 9 heteroatoms. The maximum absolute atomic E-state index is 9.82. The molecule has 0 bridgehead atoms. The Balaban J connectivity index is -0.0000000910. The Morgan fingerprint density at radius 3 is 0.613 bits per heavy atom. The second-order valence-electron chi connectivity index (χ2n) is 5.32. The molecule has 0 spiro atoms. The van der Waals surface area contributed by atoms with Crippen molar-refractivity contribution in [1.82, 2.24) is 4.90 Å². The van der Waals surface area contributed by atoms with E-state index >= 15 is 0 Å². The zero-order valence-electron chi connectivity index (χ0n) is 21.7. The molecule has 0 aliphatic heterocycles. The number of rotatable bonds is 7. The summed E-state index contributed by atoms with van der Waals surface area (Å²) in [6.07, 6.45) is 0. The van der Waals surface area contributed by atoms with Gasteiger partial charge in [-0.05, 0) is 47.3 Å². The average Bonchev–Trinajstić information content (AvgIpc) is 2.65. The lowest BCUT2D eigenvalue weighted by atomic mass is 10.5. The Labute approximate surface area is 189 Å². The molecule has 0 aromatic carbocycles. The van der Waals surface area contributed by atoms with E-state index in [1.807, 2.05) is 0 Å². The number of hydrogen-bond donors (Lipinski definition) is 0. The van der Waals surface area contributed by atoms with Gasteiger partial charge in [-0.1, -0.05) is 20.8 Å². The van der Waals surface area contributed by atoms with Crippen molar-refractivity contribution in [3.63, 3.8) is 0 Å². The van der Waals surface area contributed by atoms with Crippen molar-refractivity contribution >= 4 is 23.9 Å². The molecule has 0 unspecified atom stereocenters. The SMILES string of the molecule is CCN(CC)CC.CCOC(C)=O.CCOC(C)=O.CCOC(C)=O.CCOC(C)=O. The highest BCUT2D eigenvalue weighted by Crippen LogP contribution is 1.81. The zero-order chi connectivity index (χ0) is 25.7. The van der Waals surface area contributed by atoms with Crippen molar-refractivity contribution in [2.45, 2.75) is 76.2 Å². The monoisotopic (exact) mass is 453 g/mol. The molecule has 0 N–H and O–H groups in total. The highest BCUT2D eigenvalue weighted by molar-refractivity contribution is 5.66. The molecule has 0 aromatic rings. The van der Waals surface area contributed by atoms with Crippen LogP contribution in [0.5, 0.6) is 0 Å². The van der Waals surface area contributed by atoms with Crippen LogP contribution in [0.15, 0.2) is 0 Å². The van der Waals surface area contributed by atoms with Gasteiger partial charge < -0.3 is 23.8 Å². The van der Waals surface area contributed by atoms with Crippen molar-refractivity contribution < 1.29 is 38.1 Å². The molecule has 0 saturated carbocycles. The number of carbonyl (C=O) groups excluding carboxylic acids is 4. The van der Waals surface area contributed by atoms with Crippen LogP contribution in [0.25, 0.3) is 0 Å². The molecule has 0 amide bonds. The highest BCUT2D eigenvalue weighted by Gasteiger charge is 1.89. The van der Waals surface area contributed by atoms with Crippen molar-refractivity contribution in [3.05, 3.63) is 0 Å². The first-order valence-corrected chi connectivity index (χ1v) is 10.7. The molecule has 0 aromatic heterocycles. The van der Waals surface area contributed by atoms with Crippen LogP contribution in [0.4, 0.5) is 0 Å². The molecule has 0 saturated heterocycles. The summed E-state index contributed by atoms with van der Waals surface area (Å²) in [6.45, 7) is 24.7. The first-order valence-electron chi connectivity index (χ1n) is 10.7. The second-order valence-corrected chi connectivity index (χ2v) is 5.32. The normalized spacial score (nSPS) is 8.26. The standard InChI is InChI=1S/C6H15N.4C4H8O2/c1-4-7(5-2)6-3;4*1-3-6-4(2)5/h4-6H2,1-3H3;4*3H2,1-2H3. The van der Waals surface area contributed by atoms with E-state index in [0.717, 1.165) is 0 Å². The molecule has 0 aliphatic carbocycles. The van der Waals surface area contributed by atoms with Crippen molar-refractivity contribution in [3.8, 4) is 0 Å². The zero-order valence-corrected chi connectivity index (χ0v) is 21.7. The summed E-state index contributed by atoms with van der Waals surface area (Å²) in [5, 5.41) is 0. The Kier molecular flexibility index (Phi) is 44.8. The Morgan fingerprint density at radius 1 is 0.452 bits per heavy atom. The topological polar surface area (TPSA) is 108 Å². The molecule has 0 atom stereocenters. The van der Waals surface area contributed by atoms with E-state index in [1.54, 1.807) is 27.7 Å². The minimum absolute atomic E-state index is 0.211. The molecular formula is C22H47NO8. The summed E-state index contributed by atoms with van der Waals surface area (Å²) in [5.41, 5.74) is 0. The Bertz CT molecular complexity index is 341. The Morgan fingerprint density at radius 2 is 0.613 bits per heavy atom. The molecule has 31 heavy (non-hydrogen) atoms. The third-order valence-electron chi connectivity index (χ3n) is 2.73. The maximum atomic E-state index is 9.82. The summed E-state index contributed by atoms with van der Waals surface area (Å²) < 4.78 is 17.6. The molecule has 0 aliphatic rings. The van der Waals surface area contributed by atoms with Crippen LogP contribution in [-0.2, 0) is 38.1 Å². The van der Waals surface area contributed by atoms with Gasteiger partial charge in [0, 0.05) is 27.7 Å². The van der Waals surface area contributed by atoms with Gasteiger partial charge in [0.15, 0.2) is 0 Å². The summed E-state index contributed by atoms with van der Waals surface area (Å²) in [6, 6.07) is 0. The van der Waals surface area contributed by atoms with Crippen LogP contribution >= 0.6 is 0 Å². The van der Waals surface area contributed by atoms with Crippen LogP contribution in [0.1, 0.15) is 76.2 Å².